The van der Waals surface area contributed by atoms with Crippen LogP contribution in [0.2, 0.25) is 0 Å². The van der Waals surface area contributed by atoms with Gasteiger partial charge in [0, 0.05) is 16.7 Å². The molecule has 2 aromatic rings. The molecule has 1 unspecified atom stereocenters. The first-order valence-corrected chi connectivity index (χ1v) is 7.58. The Morgan fingerprint density at radius 2 is 1.35 bits per heavy atom. The number of ketones is 3. The van der Waals surface area contributed by atoms with E-state index in [0.29, 0.717) is 12.0 Å². The molecule has 2 aliphatic rings. The number of hydrogen-bond donors (Lipinski definition) is 1. The zero-order valence-corrected chi connectivity index (χ0v) is 12.3. The van der Waals surface area contributed by atoms with E-state index >= 15 is 0 Å². The van der Waals surface area contributed by atoms with Crippen LogP contribution < -0.4 is 0 Å². The second-order valence-corrected chi connectivity index (χ2v) is 6.08. The molecule has 0 saturated heterocycles. The maximum atomic E-state index is 12.8. The van der Waals surface area contributed by atoms with E-state index in [1.54, 1.807) is 24.3 Å². The van der Waals surface area contributed by atoms with Crippen molar-refractivity contribution in [1.82, 2.24) is 0 Å². The van der Waals surface area contributed by atoms with Crippen molar-refractivity contribution in [3.8, 4) is 0 Å². The number of carbonyl (C=O) groups is 3. The number of hydrogen-bond acceptors (Lipinski definition) is 4. The molecule has 0 aromatic heterocycles. The summed E-state index contributed by atoms with van der Waals surface area (Å²) in [5, 5.41) is 11.0. The Morgan fingerprint density at radius 1 is 0.826 bits per heavy atom. The third-order valence-electron chi connectivity index (χ3n) is 4.91. The highest BCUT2D eigenvalue weighted by Crippen LogP contribution is 2.41. The molecule has 114 valence electrons. The Balaban J connectivity index is 1.82. The summed E-state index contributed by atoms with van der Waals surface area (Å²) in [5.41, 5.74) is -0.478. The van der Waals surface area contributed by atoms with Crippen LogP contribution in [0, 0.1) is 5.92 Å². The van der Waals surface area contributed by atoms with Crippen LogP contribution >= 0.6 is 0 Å². The first kappa shape index (κ1) is 14.0. The number of Topliss-reactive ketones (excluding diaryl/α,β-unsaturated/α-hetero) is 3. The van der Waals surface area contributed by atoms with Gasteiger partial charge in [0.25, 0.3) is 0 Å². The van der Waals surface area contributed by atoms with E-state index in [9.17, 15) is 19.5 Å². The molecule has 4 rings (SSSR count). The number of aliphatic hydroxyl groups is 1. The topological polar surface area (TPSA) is 71.4 Å². The van der Waals surface area contributed by atoms with Crippen LogP contribution in [0.1, 0.15) is 43.1 Å². The Hall–Kier alpha value is -2.59. The molecule has 0 heterocycles. The minimum Gasteiger partial charge on any atom is -0.373 e. The molecule has 0 bridgehead atoms. The molecule has 1 N–H and O–H groups in total. The summed E-state index contributed by atoms with van der Waals surface area (Å²) in [6.45, 7) is 0. The lowest BCUT2D eigenvalue weighted by molar-refractivity contribution is 0.00774. The molecular weight excluding hydrogens is 292 g/mol. The van der Waals surface area contributed by atoms with Crippen molar-refractivity contribution in [2.75, 3.05) is 0 Å². The fraction of sp³-hybridized carbons (Fsp3) is 0.211. The fourth-order valence-corrected chi connectivity index (χ4v) is 3.71. The van der Waals surface area contributed by atoms with Crippen molar-refractivity contribution >= 4 is 17.3 Å². The summed E-state index contributed by atoms with van der Waals surface area (Å²) in [7, 11) is 0. The third kappa shape index (κ3) is 1.72. The minimum absolute atomic E-state index is 0.201. The van der Waals surface area contributed by atoms with E-state index < -0.39 is 23.1 Å². The zero-order valence-electron chi connectivity index (χ0n) is 12.3. The maximum Gasteiger partial charge on any atom is 0.203 e. The Labute approximate surface area is 132 Å². The first-order valence-electron chi connectivity index (χ1n) is 7.58. The van der Waals surface area contributed by atoms with Crippen LogP contribution in [-0.2, 0) is 6.42 Å². The standard InChI is InChI=1S/C19H14O4/c20-16-12-6-2-1-5-11(12)9-10-15(16)19(23)17(21)13-7-3-4-8-14(13)18(19)22/h1-8,15,23H,9-10H2. The van der Waals surface area contributed by atoms with Crippen molar-refractivity contribution in [2.45, 2.75) is 18.4 Å². The van der Waals surface area contributed by atoms with Gasteiger partial charge in [0.05, 0.1) is 5.92 Å². The van der Waals surface area contributed by atoms with Gasteiger partial charge in [-0.15, -0.1) is 0 Å². The number of fused-ring (bicyclic) bond motifs is 2. The molecule has 2 aliphatic carbocycles. The molecule has 0 radical (unpaired) electrons. The predicted molar refractivity (Wildman–Crippen MR) is 82.6 cm³/mol. The van der Waals surface area contributed by atoms with Gasteiger partial charge >= 0.3 is 0 Å². The van der Waals surface area contributed by atoms with E-state index in [4.69, 9.17) is 0 Å². The van der Waals surface area contributed by atoms with Crippen LogP contribution in [0.15, 0.2) is 48.5 Å². The summed E-state index contributed by atoms with van der Waals surface area (Å²) in [6.07, 6.45) is 0.851. The quantitative estimate of drug-likeness (QED) is 0.820. The second-order valence-electron chi connectivity index (χ2n) is 6.08. The van der Waals surface area contributed by atoms with E-state index in [2.05, 4.69) is 0 Å². The summed E-state index contributed by atoms with van der Waals surface area (Å²) in [4.78, 5) is 38.1. The van der Waals surface area contributed by atoms with Gasteiger partial charge in [-0.25, -0.2) is 0 Å². The third-order valence-corrected chi connectivity index (χ3v) is 4.91. The van der Waals surface area contributed by atoms with Gasteiger partial charge in [0.2, 0.25) is 17.2 Å². The highest BCUT2D eigenvalue weighted by Gasteiger charge is 2.59. The molecule has 0 saturated carbocycles. The maximum absolute atomic E-state index is 12.8. The monoisotopic (exact) mass is 306 g/mol. The lowest BCUT2D eigenvalue weighted by atomic mass is 9.71. The minimum atomic E-state index is -2.27. The number of aryl methyl sites for hydroxylation is 1. The van der Waals surface area contributed by atoms with Gasteiger partial charge in [0.15, 0.2) is 5.78 Å². The van der Waals surface area contributed by atoms with Gasteiger partial charge < -0.3 is 5.11 Å². The molecule has 0 fully saturated rings. The molecule has 0 aliphatic heterocycles. The van der Waals surface area contributed by atoms with Crippen molar-refractivity contribution in [2.24, 2.45) is 5.92 Å². The van der Waals surface area contributed by atoms with Gasteiger partial charge in [-0.3, -0.25) is 14.4 Å². The SMILES string of the molecule is O=C1c2ccccc2CCC1C1(O)C(=O)c2ccccc2C1=O. The van der Waals surface area contributed by atoms with Gasteiger partial charge in [-0.05, 0) is 18.4 Å². The van der Waals surface area contributed by atoms with Crippen molar-refractivity contribution in [3.63, 3.8) is 0 Å². The lowest BCUT2D eigenvalue weighted by Crippen LogP contribution is -2.52. The highest BCUT2D eigenvalue weighted by atomic mass is 16.3. The molecule has 4 heteroatoms. The predicted octanol–water partition coefficient (Wildman–Crippen LogP) is 2.24. The lowest BCUT2D eigenvalue weighted by Gasteiger charge is -2.32. The molecule has 0 spiro atoms. The molecule has 23 heavy (non-hydrogen) atoms. The van der Waals surface area contributed by atoms with Crippen molar-refractivity contribution in [3.05, 3.63) is 70.8 Å². The summed E-state index contributed by atoms with van der Waals surface area (Å²) in [6, 6.07) is 13.5. The van der Waals surface area contributed by atoms with Gasteiger partial charge in [0.1, 0.15) is 0 Å². The molecule has 4 nitrogen and oxygen atoms in total. The first-order chi connectivity index (χ1) is 11.0. The highest BCUT2D eigenvalue weighted by molar-refractivity contribution is 6.34. The summed E-state index contributed by atoms with van der Waals surface area (Å²) in [5.74, 6) is -2.67. The van der Waals surface area contributed by atoms with Crippen LogP contribution in [-0.4, -0.2) is 28.1 Å². The van der Waals surface area contributed by atoms with Crippen LogP contribution in [0.3, 0.4) is 0 Å². The Kier molecular flexibility index (Phi) is 2.87. The van der Waals surface area contributed by atoms with Crippen LogP contribution in [0.5, 0.6) is 0 Å². The van der Waals surface area contributed by atoms with E-state index in [1.807, 2.05) is 12.1 Å². The normalized spacial score (nSPS) is 22.0. The molecular formula is C19H14O4. The van der Waals surface area contributed by atoms with E-state index in [0.717, 1.165) is 5.56 Å². The average Bonchev–Trinajstić information content (AvgIpc) is 2.78. The Bertz CT molecular complexity index is 830. The smallest absolute Gasteiger partial charge is 0.203 e. The zero-order chi connectivity index (χ0) is 16.2. The van der Waals surface area contributed by atoms with Crippen molar-refractivity contribution in [1.29, 1.82) is 0 Å². The van der Waals surface area contributed by atoms with Crippen LogP contribution in [0.4, 0.5) is 0 Å². The van der Waals surface area contributed by atoms with E-state index in [-0.39, 0.29) is 23.3 Å². The van der Waals surface area contributed by atoms with E-state index in [1.165, 1.54) is 12.1 Å². The summed E-state index contributed by atoms with van der Waals surface area (Å²) >= 11 is 0. The second kappa shape index (κ2) is 4.70. The van der Waals surface area contributed by atoms with Gasteiger partial charge in [-0.2, -0.15) is 0 Å². The fourth-order valence-electron chi connectivity index (χ4n) is 3.71. The number of benzene rings is 2. The molecule has 2 aromatic carbocycles. The number of rotatable bonds is 1. The molecule has 1 atom stereocenters. The summed E-state index contributed by atoms with van der Waals surface area (Å²) < 4.78 is 0. The average molecular weight is 306 g/mol. The largest absolute Gasteiger partial charge is 0.373 e. The molecule has 0 amide bonds. The van der Waals surface area contributed by atoms with Crippen molar-refractivity contribution < 1.29 is 19.5 Å². The number of carbonyl (C=O) groups excluding carboxylic acids is 3. The van der Waals surface area contributed by atoms with Gasteiger partial charge in [-0.1, -0.05) is 48.5 Å². The Morgan fingerprint density at radius 3 is 1.96 bits per heavy atom. The van der Waals surface area contributed by atoms with Crippen LogP contribution in [0.25, 0.3) is 0 Å².